The summed E-state index contributed by atoms with van der Waals surface area (Å²) in [6, 6.07) is 16.1. The minimum atomic E-state index is 0.610. The molecule has 0 atom stereocenters. The van der Waals surface area contributed by atoms with Crippen LogP contribution >= 0.6 is 0 Å². The molecule has 0 aliphatic rings. The van der Waals surface area contributed by atoms with Crippen LogP contribution in [0.5, 0.6) is 0 Å². The molecule has 0 unspecified atom stereocenters. The molecule has 0 fully saturated rings. The van der Waals surface area contributed by atoms with Crippen molar-refractivity contribution in [3.63, 3.8) is 0 Å². The number of aryl methyl sites for hydroxylation is 1. The van der Waals surface area contributed by atoms with Crippen LogP contribution in [0, 0.1) is 12.3 Å². The van der Waals surface area contributed by atoms with E-state index < -0.39 is 0 Å². The zero-order valence-corrected chi connectivity index (χ0v) is 13.6. The van der Waals surface area contributed by atoms with Gasteiger partial charge in [-0.2, -0.15) is 0 Å². The Kier molecular flexibility index (Phi) is 4.57. The van der Waals surface area contributed by atoms with Crippen LogP contribution in [0.15, 0.2) is 60.9 Å². The number of hydrogen-bond donors (Lipinski definition) is 3. The van der Waals surface area contributed by atoms with Gasteiger partial charge in [0.1, 0.15) is 0 Å². The van der Waals surface area contributed by atoms with E-state index in [9.17, 15) is 0 Å². The highest BCUT2D eigenvalue weighted by atomic mass is 14.9. The molecule has 0 radical (unpaired) electrons. The van der Waals surface area contributed by atoms with E-state index in [1.54, 1.807) is 0 Å². The van der Waals surface area contributed by atoms with E-state index in [4.69, 9.17) is 11.1 Å². The summed E-state index contributed by atoms with van der Waals surface area (Å²) in [5.74, 6) is 0. The molecule has 4 heteroatoms. The summed E-state index contributed by atoms with van der Waals surface area (Å²) in [6.45, 7) is 2.78. The van der Waals surface area contributed by atoms with Crippen molar-refractivity contribution in [1.29, 1.82) is 5.41 Å². The lowest BCUT2D eigenvalue weighted by Crippen LogP contribution is -2.00. The minimum absolute atomic E-state index is 0.610. The van der Waals surface area contributed by atoms with Crippen molar-refractivity contribution >= 4 is 17.6 Å². The van der Waals surface area contributed by atoms with Gasteiger partial charge in [-0.3, -0.25) is 4.98 Å². The van der Waals surface area contributed by atoms with E-state index in [2.05, 4.69) is 47.6 Å². The van der Waals surface area contributed by atoms with Crippen molar-refractivity contribution in [3.8, 4) is 11.1 Å². The smallest absolute Gasteiger partial charge is 0.0416 e. The molecule has 0 bridgehead atoms. The second-order valence-electron chi connectivity index (χ2n) is 5.79. The molecule has 3 aromatic rings. The standard InChI is InChI=1S/C20H20N4/c1-14-2-5-19(6-3-14)24-12-15-8-18(13-23-11-15)16-4-7-20(22)17(9-16)10-21/h2-11,13,21,24H,12,22H2,1H3. The van der Waals surface area contributed by atoms with Crippen molar-refractivity contribution in [2.45, 2.75) is 13.5 Å². The molecule has 0 saturated carbocycles. The number of hydrogen-bond acceptors (Lipinski definition) is 4. The second kappa shape index (κ2) is 6.96. The largest absolute Gasteiger partial charge is 0.398 e. The van der Waals surface area contributed by atoms with E-state index in [-0.39, 0.29) is 0 Å². The highest BCUT2D eigenvalue weighted by Gasteiger charge is 2.04. The first-order valence-corrected chi connectivity index (χ1v) is 7.80. The van der Waals surface area contributed by atoms with Crippen LogP contribution in [0.25, 0.3) is 11.1 Å². The van der Waals surface area contributed by atoms with Gasteiger partial charge in [0.15, 0.2) is 0 Å². The summed E-state index contributed by atoms with van der Waals surface area (Å²) in [5, 5.41) is 10.8. The number of aromatic nitrogens is 1. The Hall–Kier alpha value is -3.14. The number of benzene rings is 2. The molecule has 4 nitrogen and oxygen atoms in total. The molecule has 0 aliphatic heterocycles. The molecule has 0 amide bonds. The monoisotopic (exact) mass is 316 g/mol. The van der Waals surface area contributed by atoms with E-state index in [1.807, 2.05) is 30.6 Å². The van der Waals surface area contributed by atoms with Crippen molar-refractivity contribution < 1.29 is 0 Å². The van der Waals surface area contributed by atoms with Gasteiger partial charge in [-0.1, -0.05) is 23.8 Å². The van der Waals surface area contributed by atoms with E-state index in [0.717, 1.165) is 27.9 Å². The van der Waals surface area contributed by atoms with Crippen LogP contribution in [0.4, 0.5) is 11.4 Å². The Morgan fingerprint density at radius 3 is 2.58 bits per heavy atom. The normalized spacial score (nSPS) is 10.4. The topological polar surface area (TPSA) is 74.8 Å². The predicted octanol–water partition coefficient (Wildman–Crippen LogP) is 4.25. The fraction of sp³-hybridized carbons (Fsp3) is 0.100. The Labute approximate surface area is 141 Å². The molecular weight excluding hydrogens is 296 g/mol. The summed E-state index contributed by atoms with van der Waals surface area (Å²) in [6.07, 6.45) is 4.96. The molecule has 24 heavy (non-hydrogen) atoms. The maximum atomic E-state index is 7.43. The van der Waals surface area contributed by atoms with Crippen LogP contribution in [0.1, 0.15) is 16.7 Å². The molecular formula is C20H20N4. The first-order chi connectivity index (χ1) is 11.7. The molecule has 3 rings (SSSR count). The summed E-state index contributed by atoms with van der Waals surface area (Å²) >= 11 is 0. The van der Waals surface area contributed by atoms with Gasteiger partial charge in [-0.25, -0.2) is 0 Å². The zero-order valence-electron chi connectivity index (χ0n) is 13.6. The minimum Gasteiger partial charge on any atom is -0.398 e. The number of nitrogen functional groups attached to an aromatic ring is 1. The van der Waals surface area contributed by atoms with Gasteiger partial charge in [0.25, 0.3) is 0 Å². The van der Waals surface area contributed by atoms with E-state index in [1.165, 1.54) is 11.8 Å². The quantitative estimate of drug-likeness (QED) is 0.486. The van der Waals surface area contributed by atoms with Gasteiger partial charge in [0, 0.05) is 47.7 Å². The third kappa shape index (κ3) is 3.60. The average Bonchev–Trinajstić information content (AvgIpc) is 2.62. The number of nitrogens with zero attached hydrogens (tertiary/aromatic N) is 1. The SMILES string of the molecule is Cc1ccc(NCc2cncc(-c3ccc(N)c(C=N)c3)c2)cc1. The van der Waals surface area contributed by atoms with Crippen LogP contribution < -0.4 is 11.1 Å². The Balaban J connectivity index is 1.79. The zero-order chi connectivity index (χ0) is 16.9. The van der Waals surface area contributed by atoms with Crippen LogP contribution in [0.3, 0.4) is 0 Å². The number of rotatable bonds is 5. The number of nitrogens with one attached hydrogen (secondary N) is 2. The molecule has 120 valence electrons. The summed E-state index contributed by atoms with van der Waals surface area (Å²) in [4.78, 5) is 4.34. The molecule has 2 aromatic carbocycles. The van der Waals surface area contributed by atoms with Crippen molar-refractivity contribution in [3.05, 3.63) is 77.6 Å². The summed E-state index contributed by atoms with van der Waals surface area (Å²) in [7, 11) is 0. The molecule has 0 spiro atoms. The molecule has 1 heterocycles. The fourth-order valence-corrected chi connectivity index (χ4v) is 2.50. The van der Waals surface area contributed by atoms with Gasteiger partial charge in [0.2, 0.25) is 0 Å². The number of pyridine rings is 1. The fourth-order valence-electron chi connectivity index (χ4n) is 2.50. The third-order valence-electron chi connectivity index (χ3n) is 3.92. The van der Waals surface area contributed by atoms with Gasteiger partial charge >= 0.3 is 0 Å². The Morgan fingerprint density at radius 1 is 1.04 bits per heavy atom. The molecule has 0 saturated heterocycles. The molecule has 4 N–H and O–H groups in total. The third-order valence-corrected chi connectivity index (χ3v) is 3.92. The van der Waals surface area contributed by atoms with E-state index >= 15 is 0 Å². The van der Waals surface area contributed by atoms with Crippen LogP contribution in [-0.2, 0) is 6.54 Å². The van der Waals surface area contributed by atoms with Crippen LogP contribution in [-0.4, -0.2) is 11.2 Å². The molecule has 1 aromatic heterocycles. The maximum absolute atomic E-state index is 7.43. The lowest BCUT2D eigenvalue weighted by atomic mass is 10.0. The number of anilines is 2. The predicted molar refractivity (Wildman–Crippen MR) is 100 cm³/mol. The highest BCUT2D eigenvalue weighted by Crippen LogP contribution is 2.23. The summed E-state index contributed by atoms with van der Waals surface area (Å²) < 4.78 is 0. The van der Waals surface area contributed by atoms with Gasteiger partial charge < -0.3 is 16.5 Å². The van der Waals surface area contributed by atoms with Gasteiger partial charge in [-0.15, -0.1) is 0 Å². The van der Waals surface area contributed by atoms with Gasteiger partial charge in [0.05, 0.1) is 0 Å². The van der Waals surface area contributed by atoms with E-state index in [0.29, 0.717) is 12.2 Å². The second-order valence-corrected chi connectivity index (χ2v) is 5.79. The Morgan fingerprint density at radius 2 is 1.83 bits per heavy atom. The lowest BCUT2D eigenvalue weighted by Gasteiger charge is -2.09. The first kappa shape index (κ1) is 15.7. The first-order valence-electron chi connectivity index (χ1n) is 7.80. The van der Waals surface area contributed by atoms with Crippen LogP contribution in [0.2, 0.25) is 0 Å². The van der Waals surface area contributed by atoms with Crippen molar-refractivity contribution in [2.24, 2.45) is 0 Å². The van der Waals surface area contributed by atoms with Gasteiger partial charge in [-0.05, 0) is 48.4 Å². The number of nitrogens with two attached hydrogens (primary N) is 1. The lowest BCUT2D eigenvalue weighted by molar-refractivity contribution is 1.11. The average molecular weight is 316 g/mol. The molecule has 0 aliphatic carbocycles. The van der Waals surface area contributed by atoms with Crippen molar-refractivity contribution in [1.82, 2.24) is 4.98 Å². The summed E-state index contributed by atoms with van der Waals surface area (Å²) in [5.41, 5.74) is 12.6. The van der Waals surface area contributed by atoms with Crippen molar-refractivity contribution in [2.75, 3.05) is 11.1 Å². The maximum Gasteiger partial charge on any atom is 0.0416 e. The Bertz CT molecular complexity index is 854. The highest BCUT2D eigenvalue weighted by molar-refractivity contribution is 5.87.